The van der Waals surface area contributed by atoms with Crippen LogP contribution in [0.2, 0.25) is 0 Å². The molecular formula is C18H30ClN3O. The second kappa shape index (κ2) is 10.6. The van der Waals surface area contributed by atoms with Gasteiger partial charge in [-0.25, -0.2) is 0 Å². The molecule has 5 heteroatoms. The van der Waals surface area contributed by atoms with Crippen LogP contribution < -0.4 is 10.6 Å². The van der Waals surface area contributed by atoms with Crippen LogP contribution >= 0.6 is 12.4 Å². The summed E-state index contributed by atoms with van der Waals surface area (Å²) in [5, 5.41) is 6.52. The van der Waals surface area contributed by atoms with E-state index in [0.29, 0.717) is 12.6 Å². The molecule has 23 heavy (non-hydrogen) atoms. The smallest absolute Gasteiger partial charge is 0.234 e. The van der Waals surface area contributed by atoms with E-state index < -0.39 is 0 Å². The zero-order chi connectivity index (χ0) is 15.8. The van der Waals surface area contributed by atoms with E-state index in [1.165, 1.54) is 0 Å². The largest absolute Gasteiger partial charge is 0.348 e. The molecule has 0 bridgehead atoms. The van der Waals surface area contributed by atoms with E-state index >= 15 is 0 Å². The molecule has 1 aliphatic heterocycles. The third-order valence-corrected chi connectivity index (χ3v) is 4.36. The van der Waals surface area contributed by atoms with E-state index in [-0.39, 0.29) is 24.4 Å². The predicted octanol–water partition coefficient (Wildman–Crippen LogP) is 2.75. The number of carbonyl (C=O) groups excluding carboxylic acids is 1. The lowest BCUT2D eigenvalue weighted by molar-refractivity contribution is -0.123. The van der Waals surface area contributed by atoms with E-state index in [9.17, 15) is 4.79 Å². The molecule has 1 amide bonds. The van der Waals surface area contributed by atoms with Crippen molar-refractivity contribution in [1.82, 2.24) is 15.5 Å². The topological polar surface area (TPSA) is 44.4 Å². The normalized spacial score (nSPS) is 16.7. The van der Waals surface area contributed by atoms with E-state index in [1.54, 1.807) is 0 Å². The quantitative estimate of drug-likeness (QED) is 0.803. The third-order valence-electron chi connectivity index (χ3n) is 4.36. The summed E-state index contributed by atoms with van der Waals surface area (Å²) in [6, 6.07) is 10.7. The van der Waals surface area contributed by atoms with Crippen molar-refractivity contribution >= 4 is 18.3 Å². The molecule has 1 aromatic rings. The SMILES string of the molecule is CCCN(CC(=O)NC(C)c1ccccc1)C1CCNCC1.Cl. The minimum Gasteiger partial charge on any atom is -0.348 e. The van der Waals surface area contributed by atoms with Gasteiger partial charge in [0.05, 0.1) is 12.6 Å². The van der Waals surface area contributed by atoms with Crippen molar-refractivity contribution in [3.8, 4) is 0 Å². The molecule has 1 heterocycles. The molecule has 2 N–H and O–H groups in total. The first-order valence-corrected chi connectivity index (χ1v) is 8.49. The Morgan fingerprint density at radius 1 is 1.30 bits per heavy atom. The summed E-state index contributed by atoms with van der Waals surface area (Å²) < 4.78 is 0. The number of benzene rings is 1. The van der Waals surface area contributed by atoms with Gasteiger partial charge in [0.25, 0.3) is 0 Å². The Balaban J connectivity index is 0.00000264. The number of hydrogen-bond donors (Lipinski definition) is 2. The average Bonchev–Trinajstić information content (AvgIpc) is 2.56. The van der Waals surface area contributed by atoms with Crippen molar-refractivity contribution in [2.75, 3.05) is 26.2 Å². The highest BCUT2D eigenvalue weighted by molar-refractivity contribution is 5.85. The van der Waals surface area contributed by atoms with Gasteiger partial charge in [0.2, 0.25) is 5.91 Å². The molecule has 1 saturated heterocycles. The Morgan fingerprint density at radius 3 is 2.57 bits per heavy atom. The van der Waals surface area contributed by atoms with Crippen molar-refractivity contribution in [2.24, 2.45) is 0 Å². The molecule has 130 valence electrons. The van der Waals surface area contributed by atoms with Gasteiger partial charge in [-0.1, -0.05) is 37.3 Å². The van der Waals surface area contributed by atoms with Gasteiger partial charge in [-0.05, 0) is 51.4 Å². The first-order chi connectivity index (χ1) is 10.7. The molecule has 0 saturated carbocycles. The molecule has 2 rings (SSSR count). The molecular weight excluding hydrogens is 310 g/mol. The zero-order valence-corrected chi connectivity index (χ0v) is 15.1. The van der Waals surface area contributed by atoms with Crippen LogP contribution in [-0.2, 0) is 4.79 Å². The number of nitrogens with one attached hydrogen (secondary N) is 2. The monoisotopic (exact) mass is 339 g/mol. The Labute approximate surface area is 146 Å². The van der Waals surface area contributed by atoms with Gasteiger partial charge in [0, 0.05) is 6.04 Å². The van der Waals surface area contributed by atoms with Crippen molar-refractivity contribution in [1.29, 1.82) is 0 Å². The van der Waals surface area contributed by atoms with Crippen molar-refractivity contribution in [3.63, 3.8) is 0 Å². The summed E-state index contributed by atoms with van der Waals surface area (Å²) in [7, 11) is 0. The number of hydrogen-bond acceptors (Lipinski definition) is 3. The molecule has 1 fully saturated rings. The molecule has 0 radical (unpaired) electrons. The first kappa shape index (κ1) is 19.9. The van der Waals surface area contributed by atoms with E-state index in [2.05, 4.69) is 34.6 Å². The minimum absolute atomic E-state index is 0. The summed E-state index contributed by atoms with van der Waals surface area (Å²) in [4.78, 5) is 14.7. The standard InChI is InChI=1S/C18H29N3O.ClH/c1-3-13-21(17-9-11-19-12-10-17)14-18(22)20-15(2)16-7-5-4-6-8-16;/h4-8,15,17,19H,3,9-14H2,1-2H3,(H,20,22);1H. The van der Waals surface area contributed by atoms with Crippen LogP contribution in [0.3, 0.4) is 0 Å². The lowest BCUT2D eigenvalue weighted by Crippen LogP contribution is -2.47. The minimum atomic E-state index is 0. The van der Waals surface area contributed by atoms with Crippen LogP contribution in [0, 0.1) is 0 Å². The van der Waals surface area contributed by atoms with Crippen molar-refractivity contribution in [3.05, 3.63) is 35.9 Å². The number of halogens is 1. The van der Waals surface area contributed by atoms with Gasteiger partial charge in [0.1, 0.15) is 0 Å². The maximum Gasteiger partial charge on any atom is 0.234 e. The molecule has 1 aliphatic rings. The van der Waals surface area contributed by atoms with Crippen LogP contribution in [0.4, 0.5) is 0 Å². The van der Waals surface area contributed by atoms with Crippen LogP contribution in [0.5, 0.6) is 0 Å². The molecule has 0 aliphatic carbocycles. The maximum atomic E-state index is 12.4. The molecule has 1 unspecified atom stereocenters. The zero-order valence-electron chi connectivity index (χ0n) is 14.3. The summed E-state index contributed by atoms with van der Waals surface area (Å²) in [6.07, 6.45) is 3.37. The Morgan fingerprint density at radius 2 is 1.96 bits per heavy atom. The average molecular weight is 340 g/mol. The highest BCUT2D eigenvalue weighted by Crippen LogP contribution is 2.14. The second-order valence-corrected chi connectivity index (χ2v) is 6.15. The fraction of sp³-hybridized carbons (Fsp3) is 0.611. The maximum absolute atomic E-state index is 12.4. The fourth-order valence-corrected chi connectivity index (χ4v) is 3.15. The van der Waals surface area contributed by atoms with Gasteiger partial charge < -0.3 is 10.6 Å². The van der Waals surface area contributed by atoms with Crippen molar-refractivity contribution < 1.29 is 4.79 Å². The third kappa shape index (κ3) is 6.50. The van der Waals surface area contributed by atoms with Gasteiger partial charge in [-0.2, -0.15) is 0 Å². The molecule has 1 aromatic carbocycles. The summed E-state index contributed by atoms with van der Waals surface area (Å²) in [5.41, 5.74) is 1.15. The highest BCUT2D eigenvalue weighted by atomic mass is 35.5. The number of nitrogens with zero attached hydrogens (tertiary/aromatic N) is 1. The van der Waals surface area contributed by atoms with Gasteiger partial charge in [-0.3, -0.25) is 9.69 Å². The van der Waals surface area contributed by atoms with Crippen LogP contribution in [0.15, 0.2) is 30.3 Å². The van der Waals surface area contributed by atoms with E-state index in [4.69, 9.17) is 0 Å². The number of rotatable bonds is 7. The van der Waals surface area contributed by atoms with Crippen molar-refractivity contribution in [2.45, 2.75) is 45.2 Å². The predicted molar refractivity (Wildman–Crippen MR) is 98.0 cm³/mol. The Bertz CT molecular complexity index is 449. The molecule has 1 atom stereocenters. The van der Waals surface area contributed by atoms with E-state index in [0.717, 1.165) is 44.5 Å². The molecule has 4 nitrogen and oxygen atoms in total. The van der Waals surface area contributed by atoms with Crippen LogP contribution in [0.25, 0.3) is 0 Å². The Kier molecular flexibility index (Phi) is 9.22. The lowest BCUT2D eigenvalue weighted by Gasteiger charge is -2.34. The molecule has 0 aromatic heterocycles. The number of piperidine rings is 1. The lowest BCUT2D eigenvalue weighted by atomic mass is 10.0. The summed E-state index contributed by atoms with van der Waals surface area (Å²) >= 11 is 0. The second-order valence-electron chi connectivity index (χ2n) is 6.15. The Hall–Kier alpha value is -1.10. The number of amides is 1. The first-order valence-electron chi connectivity index (χ1n) is 8.49. The highest BCUT2D eigenvalue weighted by Gasteiger charge is 2.22. The summed E-state index contributed by atoms with van der Waals surface area (Å²) in [6.45, 7) is 7.85. The fourth-order valence-electron chi connectivity index (χ4n) is 3.15. The summed E-state index contributed by atoms with van der Waals surface area (Å²) in [5.74, 6) is 0.128. The van der Waals surface area contributed by atoms with Gasteiger partial charge in [0.15, 0.2) is 0 Å². The van der Waals surface area contributed by atoms with E-state index in [1.807, 2.05) is 25.1 Å². The number of carbonyl (C=O) groups is 1. The van der Waals surface area contributed by atoms with Gasteiger partial charge >= 0.3 is 0 Å². The van der Waals surface area contributed by atoms with Crippen LogP contribution in [-0.4, -0.2) is 43.0 Å². The van der Waals surface area contributed by atoms with Crippen LogP contribution in [0.1, 0.15) is 44.7 Å². The van der Waals surface area contributed by atoms with Gasteiger partial charge in [-0.15, -0.1) is 12.4 Å². The molecule has 0 spiro atoms.